The van der Waals surface area contributed by atoms with E-state index in [1.165, 1.54) is 6.07 Å². The summed E-state index contributed by atoms with van der Waals surface area (Å²) in [7, 11) is 0. The first-order chi connectivity index (χ1) is 10.1. The summed E-state index contributed by atoms with van der Waals surface area (Å²) in [6.07, 6.45) is 3.65. The van der Waals surface area contributed by atoms with Crippen LogP contribution in [0.15, 0.2) is 18.2 Å². The Bertz CT molecular complexity index is 495. The Morgan fingerprint density at radius 3 is 3.00 bits per heavy atom. The number of ether oxygens (including phenoxy) is 1. The van der Waals surface area contributed by atoms with E-state index >= 15 is 0 Å². The standard InChI is InChI=1S/C15H20F2N2O2/c16-15(17)21-11-6-7-12-10(9-11)3-1-4-13(12)19-14(20)5-2-8-18/h6-7,9,13,15H,1-5,8,18H2,(H,19,20). The summed E-state index contributed by atoms with van der Waals surface area (Å²) in [6, 6.07) is 4.87. The highest BCUT2D eigenvalue weighted by Gasteiger charge is 2.22. The van der Waals surface area contributed by atoms with Crippen molar-refractivity contribution < 1.29 is 18.3 Å². The minimum atomic E-state index is -2.82. The van der Waals surface area contributed by atoms with Crippen LogP contribution in [0.5, 0.6) is 5.75 Å². The molecular formula is C15H20F2N2O2. The van der Waals surface area contributed by atoms with Gasteiger partial charge >= 0.3 is 6.61 Å². The van der Waals surface area contributed by atoms with Crippen LogP contribution < -0.4 is 15.8 Å². The van der Waals surface area contributed by atoms with Gasteiger partial charge in [0.2, 0.25) is 5.91 Å². The van der Waals surface area contributed by atoms with Gasteiger partial charge in [-0.1, -0.05) is 6.07 Å². The molecule has 0 saturated heterocycles. The van der Waals surface area contributed by atoms with Gasteiger partial charge in [0, 0.05) is 6.42 Å². The van der Waals surface area contributed by atoms with E-state index in [2.05, 4.69) is 10.1 Å². The van der Waals surface area contributed by atoms with Gasteiger partial charge in [-0.25, -0.2) is 0 Å². The van der Waals surface area contributed by atoms with Gasteiger partial charge in [-0.15, -0.1) is 0 Å². The second kappa shape index (κ2) is 7.36. The summed E-state index contributed by atoms with van der Waals surface area (Å²) >= 11 is 0. The number of amides is 1. The van der Waals surface area contributed by atoms with Crippen molar-refractivity contribution in [1.29, 1.82) is 0 Å². The molecule has 1 atom stereocenters. The van der Waals surface area contributed by atoms with Crippen molar-refractivity contribution in [2.45, 2.75) is 44.8 Å². The molecule has 21 heavy (non-hydrogen) atoms. The molecule has 1 aromatic carbocycles. The van der Waals surface area contributed by atoms with Gasteiger partial charge in [-0.2, -0.15) is 8.78 Å². The number of hydrogen-bond donors (Lipinski definition) is 2. The fourth-order valence-corrected chi connectivity index (χ4v) is 2.65. The number of benzene rings is 1. The van der Waals surface area contributed by atoms with Crippen LogP contribution in [0.1, 0.15) is 42.9 Å². The van der Waals surface area contributed by atoms with Crippen LogP contribution in [0.3, 0.4) is 0 Å². The molecule has 3 N–H and O–H groups in total. The van der Waals surface area contributed by atoms with Gasteiger partial charge in [-0.05, 0) is 55.5 Å². The lowest BCUT2D eigenvalue weighted by molar-refractivity contribution is -0.122. The van der Waals surface area contributed by atoms with E-state index in [-0.39, 0.29) is 17.7 Å². The Morgan fingerprint density at radius 2 is 2.29 bits per heavy atom. The van der Waals surface area contributed by atoms with E-state index < -0.39 is 6.61 Å². The van der Waals surface area contributed by atoms with Crippen LogP contribution in [0.4, 0.5) is 8.78 Å². The smallest absolute Gasteiger partial charge is 0.387 e. The molecule has 1 aromatic rings. The molecule has 1 unspecified atom stereocenters. The maximum Gasteiger partial charge on any atom is 0.387 e. The summed E-state index contributed by atoms with van der Waals surface area (Å²) in [5, 5.41) is 2.99. The molecule has 4 nitrogen and oxygen atoms in total. The van der Waals surface area contributed by atoms with Gasteiger partial charge in [0.15, 0.2) is 0 Å². The summed E-state index contributed by atoms with van der Waals surface area (Å²) in [5.41, 5.74) is 7.34. The van der Waals surface area contributed by atoms with Gasteiger partial charge in [-0.3, -0.25) is 4.79 Å². The highest BCUT2D eigenvalue weighted by Crippen LogP contribution is 2.32. The van der Waals surface area contributed by atoms with E-state index in [1.54, 1.807) is 12.1 Å². The first-order valence-electron chi connectivity index (χ1n) is 7.17. The molecule has 1 amide bonds. The molecule has 116 valence electrons. The lowest BCUT2D eigenvalue weighted by atomic mass is 9.87. The zero-order chi connectivity index (χ0) is 15.2. The number of aryl methyl sites for hydroxylation is 1. The van der Waals surface area contributed by atoms with Crippen molar-refractivity contribution in [1.82, 2.24) is 5.32 Å². The highest BCUT2D eigenvalue weighted by molar-refractivity contribution is 5.76. The molecule has 1 aliphatic rings. The molecule has 0 fully saturated rings. The number of rotatable bonds is 6. The predicted octanol–water partition coefficient (Wildman–Crippen LogP) is 2.52. The number of nitrogens with one attached hydrogen (secondary N) is 1. The fraction of sp³-hybridized carbons (Fsp3) is 0.533. The largest absolute Gasteiger partial charge is 0.435 e. The molecular weight excluding hydrogens is 278 g/mol. The highest BCUT2D eigenvalue weighted by atomic mass is 19.3. The third kappa shape index (κ3) is 4.39. The van der Waals surface area contributed by atoms with E-state index in [4.69, 9.17) is 5.73 Å². The lowest BCUT2D eigenvalue weighted by Gasteiger charge is -2.27. The van der Waals surface area contributed by atoms with E-state index in [0.717, 1.165) is 30.4 Å². The van der Waals surface area contributed by atoms with E-state index in [1.807, 2.05) is 0 Å². The first kappa shape index (κ1) is 15.7. The number of halogens is 2. The molecule has 0 saturated carbocycles. The van der Waals surface area contributed by atoms with Crippen molar-refractivity contribution in [3.05, 3.63) is 29.3 Å². The third-order valence-corrected chi connectivity index (χ3v) is 3.60. The van der Waals surface area contributed by atoms with Gasteiger partial charge in [0.1, 0.15) is 5.75 Å². The average Bonchev–Trinajstić information content (AvgIpc) is 2.44. The normalized spacial score (nSPS) is 17.4. The molecule has 6 heteroatoms. The lowest BCUT2D eigenvalue weighted by Crippen LogP contribution is -2.31. The maximum atomic E-state index is 12.2. The van der Waals surface area contributed by atoms with E-state index in [0.29, 0.717) is 19.4 Å². The zero-order valence-corrected chi connectivity index (χ0v) is 11.8. The van der Waals surface area contributed by atoms with Crippen molar-refractivity contribution in [2.24, 2.45) is 5.73 Å². The summed E-state index contributed by atoms with van der Waals surface area (Å²) in [5.74, 6) is 0.144. The molecule has 0 aromatic heterocycles. The van der Waals surface area contributed by atoms with Crippen molar-refractivity contribution >= 4 is 5.91 Å². The average molecular weight is 298 g/mol. The Balaban J connectivity index is 2.07. The number of alkyl halides is 2. The SMILES string of the molecule is NCCCC(=O)NC1CCCc2cc(OC(F)F)ccc21. The van der Waals surface area contributed by atoms with Crippen LogP contribution >= 0.6 is 0 Å². The molecule has 1 aliphatic carbocycles. The van der Waals surface area contributed by atoms with Crippen molar-refractivity contribution in [2.75, 3.05) is 6.54 Å². The molecule has 0 radical (unpaired) electrons. The minimum Gasteiger partial charge on any atom is -0.435 e. The number of hydrogen-bond acceptors (Lipinski definition) is 3. The maximum absolute atomic E-state index is 12.2. The summed E-state index contributed by atoms with van der Waals surface area (Å²) in [4.78, 5) is 11.8. The Morgan fingerprint density at radius 1 is 1.48 bits per heavy atom. The van der Waals surface area contributed by atoms with Crippen LogP contribution in [0, 0.1) is 0 Å². The van der Waals surface area contributed by atoms with E-state index in [9.17, 15) is 13.6 Å². The third-order valence-electron chi connectivity index (χ3n) is 3.60. The summed E-state index contributed by atoms with van der Waals surface area (Å²) in [6.45, 7) is -2.33. The molecule has 0 bridgehead atoms. The first-order valence-corrected chi connectivity index (χ1v) is 7.17. The van der Waals surface area contributed by atoms with Crippen LogP contribution in [-0.4, -0.2) is 19.1 Å². The summed E-state index contributed by atoms with van der Waals surface area (Å²) < 4.78 is 28.9. The molecule has 0 spiro atoms. The predicted molar refractivity (Wildman–Crippen MR) is 75.2 cm³/mol. The molecule has 0 heterocycles. The van der Waals surface area contributed by atoms with Crippen LogP contribution in [-0.2, 0) is 11.2 Å². The Hall–Kier alpha value is -1.69. The minimum absolute atomic E-state index is 0.0220. The van der Waals surface area contributed by atoms with Crippen LogP contribution in [0.25, 0.3) is 0 Å². The van der Waals surface area contributed by atoms with Gasteiger partial charge in [0.05, 0.1) is 6.04 Å². The van der Waals surface area contributed by atoms with Gasteiger partial charge in [0.25, 0.3) is 0 Å². The second-order valence-corrected chi connectivity index (χ2v) is 5.14. The number of nitrogens with two attached hydrogens (primary N) is 1. The fourth-order valence-electron chi connectivity index (χ4n) is 2.65. The van der Waals surface area contributed by atoms with Crippen molar-refractivity contribution in [3.63, 3.8) is 0 Å². The molecule has 0 aliphatic heterocycles. The zero-order valence-electron chi connectivity index (χ0n) is 11.8. The topological polar surface area (TPSA) is 64.4 Å². The van der Waals surface area contributed by atoms with Crippen LogP contribution in [0.2, 0.25) is 0 Å². The Kier molecular flexibility index (Phi) is 5.50. The number of carbonyl (C=O) groups excluding carboxylic acids is 1. The number of fused-ring (bicyclic) bond motifs is 1. The number of carbonyl (C=O) groups is 1. The molecule has 2 rings (SSSR count). The Labute approximate surface area is 122 Å². The van der Waals surface area contributed by atoms with Gasteiger partial charge < -0.3 is 15.8 Å². The monoisotopic (exact) mass is 298 g/mol. The van der Waals surface area contributed by atoms with Crippen molar-refractivity contribution in [3.8, 4) is 5.75 Å². The second-order valence-electron chi connectivity index (χ2n) is 5.14. The quantitative estimate of drug-likeness (QED) is 0.848.